The van der Waals surface area contributed by atoms with E-state index in [1.807, 2.05) is 57.2 Å². The normalized spacial score (nSPS) is 14.8. The van der Waals surface area contributed by atoms with E-state index in [2.05, 4.69) is 27.2 Å². The number of ether oxygens (including phenoxy) is 4. The lowest BCUT2D eigenvalue weighted by molar-refractivity contribution is -0.147. The number of carbonyl (C=O) groups excluding carboxylic acids is 2. The van der Waals surface area contributed by atoms with Crippen molar-refractivity contribution in [2.24, 2.45) is 10.7 Å². The Morgan fingerprint density at radius 1 is 0.930 bits per heavy atom. The molecule has 2 aliphatic rings. The number of benzene rings is 4. The Morgan fingerprint density at radius 2 is 1.56 bits per heavy atom. The van der Waals surface area contributed by atoms with E-state index in [1.54, 1.807) is 45.2 Å². The van der Waals surface area contributed by atoms with Gasteiger partial charge in [0.15, 0.2) is 0 Å². The predicted molar refractivity (Wildman–Crippen MR) is 221 cm³/mol. The Balaban J connectivity index is 0.00000620. The lowest BCUT2D eigenvalue weighted by atomic mass is 9.88. The maximum atomic E-state index is 13.7. The minimum absolute atomic E-state index is 0. The number of alkyl carbamates (subject to hydrolysis) is 1. The van der Waals surface area contributed by atoms with Crippen LogP contribution in [0.3, 0.4) is 0 Å². The van der Waals surface area contributed by atoms with Gasteiger partial charge in [-0.25, -0.2) is 22.7 Å². The molecule has 6 rings (SSSR count). The van der Waals surface area contributed by atoms with Gasteiger partial charge in [0, 0.05) is 12.5 Å². The van der Waals surface area contributed by atoms with Crippen LogP contribution in [0.4, 0.5) is 4.79 Å². The summed E-state index contributed by atoms with van der Waals surface area (Å²) < 4.78 is 52.6. The Hall–Kier alpha value is -5.56. The number of amides is 1. The number of esters is 1. The minimum atomic E-state index is -4.09. The summed E-state index contributed by atoms with van der Waals surface area (Å²) in [6, 6.07) is 22.0. The third-order valence-corrected chi connectivity index (χ3v) is 12.2. The second kappa shape index (κ2) is 17.7. The molecule has 4 N–H and O–H groups in total. The van der Waals surface area contributed by atoms with Gasteiger partial charge in [-0.15, -0.1) is 0 Å². The molecule has 1 amide bonds. The second-order valence-corrected chi connectivity index (χ2v) is 16.5. The van der Waals surface area contributed by atoms with Crippen LogP contribution in [0.1, 0.15) is 85.4 Å². The topological polar surface area (TPSA) is 168 Å². The van der Waals surface area contributed by atoms with Crippen LogP contribution in [-0.2, 0) is 37.3 Å². The molecule has 0 spiro atoms. The fourth-order valence-corrected chi connectivity index (χ4v) is 9.00. The van der Waals surface area contributed by atoms with Crippen molar-refractivity contribution in [1.82, 2.24) is 10.0 Å². The Bertz CT molecular complexity index is 2210. The Kier molecular flexibility index (Phi) is 13.2. The highest BCUT2D eigenvalue weighted by atomic mass is 32.2. The molecular formula is C44H54N4O8S. The maximum Gasteiger partial charge on any atom is 0.407 e. The number of fused-ring (bicyclic) bond motifs is 4. The van der Waals surface area contributed by atoms with E-state index in [9.17, 15) is 18.0 Å². The molecule has 4 aromatic rings. The molecule has 57 heavy (non-hydrogen) atoms. The highest BCUT2D eigenvalue weighted by Gasteiger charge is 2.34. The molecule has 304 valence electrons. The van der Waals surface area contributed by atoms with E-state index < -0.39 is 28.1 Å². The molecule has 4 aromatic carbocycles. The molecule has 1 atom stereocenters. The van der Waals surface area contributed by atoms with Gasteiger partial charge in [-0.3, -0.25) is 4.99 Å². The second-order valence-electron chi connectivity index (χ2n) is 14.9. The average Bonchev–Trinajstić information content (AvgIpc) is 3.49. The number of methoxy groups -OCH3 is 1. The van der Waals surface area contributed by atoms with Crippen molar-refractivity contribution in [3.63, 3.8) is 0 Å². The number of aliphatic imine (C=N–C) groups is 1. The van der Waals surface area contributed by atoms with E-state index in [1.165, 1.54) is 0 Å². The quantitative estimate of drug-likeness (QED) is 0.0541. The number of sulfonamides is 1. The molecule has 1 heterocycles. The molecule has 0 saturated carbocycles. The summed E-state index contributed by atoms with van der Waals surface area (Å²) in [4.78, 5) is 31.0. The van der Waals surface area contributed by atoms with Gasteiger partial charge in [-0.2, -0.15) is 0 Å². The van der Waals surface area contributed by atoms with Crippen LogP contribution in [-0.4, -0.2) is 58.3 Å². The zero-order chi connectivity index (χ0) is 40.2. The van der Waals surface area contributed by atoms with Gasteiger partial charge < -0.3 is 30.0 Å². The SMILES string of the molecule is C.COc1ccc(COC(=O)[C@@H](CCCN=C(N)NS(=O)(=O)c2c(C)c(C)c3c(c2C)CCC(C)(C)O3)NC(=O)OCC2c3ccccc3-c3ccccc32)cc1. The highest BCUT2D eigenvalue weighted by Crippen LogP contribution is 2.45. The molecular weight excluding hydrogens is 745 g/mol. The fraction of sp³-hybridized carbons (Fsp3) is 0.386. The molecule has 1 aliphatic carbocycles. The summed E-state index contributed by atoms with van der Waals surface area (Å²) in [7, 11) is -2.53. The summed E-state index contributed by atoms with van der Waals surface area (Å²) in [5, 5.41) is 2.68. The largest absolute Gasteiger partial charge is 0.497 e. The summed E-state index contributed by atoms with van der Waals surface area (Å²) >= 11 is 0. The van der Waals surface area contributed by atoms with Crippen LogP contribution in [0, 0.1) is 20.8 Å². The zero-order valence-corrected chi connectivity index (χ0v) is 33.5. The van der Waals surface area contributed by atoms with Crippen LogP contribution < -0.4 is 25.2 Å². The van der Waals surface area contributed by atoms with E-state index in [-0.39, 0.29) is 62.4 Å². The van der Waals surface area contributed by atoms with Crippen molar-refractivity contribution in [3.8, 4) is 22.6 Å². The molecule has 0 aromatic heterocycles. The van der Waals surface area contributed by atoms with Crippen LogP contribution in [0.25, 0.3) is 11.1 Å². The number of nitrogens with zero attached hydrogens (tertiary/aromatic N) is 1. The molecule has 0 bridgehead atoms. The van der Waals surface area contributed by atoms with Gasteiger partial charge in [0.2, 0.25) is 5.96 Å². The van der Waals surface area contributed by atoms with Crippen molar-refractivity contribution in [3.05, 3.63) is 112 Å². The van der Waals surface area contributed by atoms with Crippen LogP contribution in [0.2, 0.25) is 0 Å². The van der Waals surface area contributed by atoms with Crippen molar-refractivity contribution in [2.45, 2.75) is 96.8 Å². The molecule has 0 fully saturated rings. The van der Waals surface area contributed by atoms with Crippen molar-refractivity contribution >= 4 is 28.0 Å². The summed E-state index contributed by atoms with van der Waals surface area (Å²) in [6.07, 6.45) is 1.06. The summed E-state index contributed by atoms with van der Waals surface area (Å²) in [5.74, 6) is 0.292. The maximum absolute atomic E-state index is 13.7. The number of nitrogens with two attached hydrogens (primary N) is 1. The first kappa shape index (κ1) is 42.6. The molecule has 1 aliphatic heterocycles. The highest BCUT2D eigenvalue weighted by molar-refractivity contribution is 7.90. The van der Waals surface area contributed by atoms with Crippen molar-refractivity contribution in [2.75, 3.05) is 20.3 Å². The first-order valence-corrected chi connectivity index (χ1v) is 20.2. The van der Waals surface area contributed by atoms with E-state index in [0.29, 0.717) is 23.3 Å². The minimum Gasteiger partial charge on any atom is -0.497 e. The monoisotopic (exact) mass is 798 g/mol. The van der Waals surface area contributed by atoms with Crippen LogP contribution in [0.15, 0.2) is 82.7 Å². The van der Waals surface area contributed by atoms with Crippen LogP contribution >= 0.6 is 0 Å². The Morgan fingerprint density at radius 3 is 2.19 bits per heavy atom. The van der Waals surface area contributed by atoms with Crippen LogP contribution in [0.5, 0.6) is 11.5 Å². The van der Waals surface area contributed by atoms with Gasteiger partial charge in [0.1, 0.15) is 36.4 Å². The average molecular weight is 799 g/mol. The third kappa shape index (κ3) is 9.53. The predicted octanol–water partition coefficient (Wildman–Crippen LogP) is 7.38. The van der Waals surface area contributed by atoms with E-state index in [4.69, 9.17) is 24.7 Å². The molecule has 0 radical (unpaired) electrons. The number of hydrogen-bond donors (Lipinski definition) is 3. The van der Waals surface area contributed by atoms with Crippen molar-refractivity contribution in [1.29, 1.82) is 0 Å². The number of nitrogens with one attached hydrogen (secondary N) is 2. The molecule has 13 heteroatoms. The third-order valence-electron chi connectivity index (χ3n) is 10.6. The van der Waals surface area contributed by atoms with Gasteiger partial charge in [-0.1, -0.05) is 68.1 Å². The Labute approximate surface area is 336 Å². The first-order chi connectivity index (χ1) is 26.7. The number of rotatable bonds is 13. The zero-order valence-electron chi connectivity index (χ0n) is 32.7. The van der Waals surface area contributed by atoms with Crippen molar-refractivity contribution < 1.29 is 37.0 Å². The van der Waals surface area contributed by atoms with Gasteiger partial charge in [0.25, 0.3) is 10.0 Å². The lowest BCUT2D eigenvalue weighted by Gasteiger charge is -2.35. The van der Waals surface area contributed by atoms with E-state index >= 15 is 0 Å². The fourth-order valence-electron chi connectivity index (χ4n) is 7.48. The molecule has 0 unspecified atom stereocenters. The summed E-state index contributed by atoms with van der Waals surface area (Å²) in [6.45, 7) is 9.56. The van der Waals surface area contributed by atoms with Gasteiger partial charge >= 0.3 is 12.1 Å². The number of hydrogen-bond acceptors (Lipinski definition) is 9. The standard InChI is InChI=1S/C43H50N4O8S.CH4/c1-26-27(2)39(28(3)31-21-22-43(4,5)55-38(26)31)56(50,51)47-41(44)45-23-11-16-37(40(48)53-24-29-17-19-30(52-6)20-18-29)46-42(49)54-25-36-34-14-9-7-12-32(34)33-13-8-10-15-35(33)36;/h7-10,12-15,17-20,36-37H,11,16,21-25H2,1-6H3,(H,46,49)(H3,44,45,47);1H4/t37-;/m1./s1. The van der Waals surface area contributed by atoms with Gasteiger partial charge in [0.05, 0.1) is 12.0 Å². The smallest absolute Gasteiger partial charge is 0.407 e. The summed E-state index contributed by atoms with van der Waals surface area (Å²) in [5.41, 5.74) is 13.7. The van der Waals surface area contributed by atoms with Gasteiger partial charge in [-0.05, 0) is 123 Å². The lowest BCUT2D eigenvalue weighted by Crippen LogP contribution is -2.42. The number of guanidine groups is 1. The molecule has 12 nitrogen and oxygen atoms in total. The number of carbonyl (C=O) groups is 2. The first-order valence-electron chi connectivity index (χ1n) is 18.7. The molecule has 0 saturated heterocycles. The van der Waals surface area contributed by atoms with E-state index in [0.717, 1.165) is 51.1 Å².